The smallest absolute Gasteiger partial charge is 0.0776 e. The summed E-state index contributed by atoms with van der Waals surface area (Å²) in [6, 6.07) is 44.9. The van der Waals surface area contributed by atoms with Crippen LogP contribution in [0.1, 0.15) is 0 Å². The first-order valence-electron chi connectivity index (χ1n) is 13.1. The fourth-order valence-electron chi connectivity index (χ4n) is 5.11. The van der Waals surface area contributed by atoms with Crippen LogP contribution in [0.4, 0.5) is 11.4 Å². The Balaban J connectivity index is 1.31. The van der Waals surface area contributed by atoms with Crippen molar-refractivity contribution in [1.82, 2.24) is 4.98 Å². The van der Waals surface area contributed by atoms with Crippen molar-refractivity contribution in [3.05, 3.63) is 127 Å². The minimum absolute atomic E-state index is 0.763. The molecule has 1 aliphatic heterocycles. The van der Waals surface area contributed by atoms with Crippen molar-refractivity contribution in [3.8, 4) is 44.8 Å². The Bertz CT molecular complexity index is 1840. The minimum atomic E-state index is 0.763. The number of benzene rings is 5. The van der Waals surface area contributed by atoms with E-state index in [0.29, 0.717) is 0 Å². The quantitative estimate of drug-likeness (QED) is 0.205. The Hall–Kier alpha value is -4.67. The van der Waals surface area contributed by atoms with Crippen LogP contribution in [0, 0.1) is 0 Å². The lowest BCUT2D eigenvalue weighted by Crippen LogP contribution is -1.94. The molecule has 2 heterocycles. The number of hydrogen-bond donors (Lipinski definition) is 0. The summed E-state index contributed by atoms with van der Waals surface area (Å²) in [6.07, 6.45) is 0. The van der Waals surface area contributed by atoms with Crippen LogP contribution in [0.3, 0.4) is 0 Å². The molecule has 186 valence electrons. The zero-order valence-electron chi connectivity index (χ0n) is 21.3. The highest BCUT2D eigenvalue weighted by Gasteiger charge is 2.18. The van der Waals surface area contributed by atoms with Crippen molar-refractivity contribution in [2.24, 2.45) is 4.36 Å². The maximum Gasteiger partial charge on any atom is 0.0776 e. The van der Waals surface area contributed by atoms with Gasteiger partial charge in [0.25, 0.3) is 0 Å². The number of hydrogen-bond acceptors (Lipinski definition) is 4. The van der Waals surface area contributed by atoms with E-state index in [0.717, 1.165) is 52.4 Å². The summed E-state index contributed by atoms with van der Waals surface area (Å²) in [6.45, 7) is 2.23. The first kappa shape index (κ1) is 23.4. The highest BCUT2D eigenvalue weighted by atomic mass is 32.1. The molecule has 0 saturated carbocycles. The van der Waals surface area contributed by atoms with Crippen molar-refractivity contribution in [2.75, 3.05) is 18.0 Å². The molecule has 0 spiro atoms. The van der Waals surface area contributed by atoms with E-state index in [4.69, 9.17) is 17.4 Å². The molecule has 0 bridgehead atoms. The molecule has 0 radical (unpaired) electrons. The summed E-state index contributed by atoms with van der Waals surface area (Å²) in [7, 11) is 0. The van der Waals surface area contributed by atoms with E-state index >= 15 is 0 Å². The molecular weight excluding hydrogens is 494 g/mol. The second kappa shape index (κ2) is 9.90. The van der Waals surface area contributed by atoms with Gasteiger partial charge in [-0.05, 0) is 75.5 Å². The molecule has 1 aliphatic rings. The summed E-state index contributed by atoms with van der Waals surface area (Å²) >= 11 is 4.96. The van der Waals surface area contributed by atoms with Crippen molar-refractivity contribution in [2.45, 2.75) is 0 Å². The van der Waals surface area contributed by atoms with Gasteiger partial charge in [-0.25, -0.2) is 4.98 Å². The highest BCUT2D eigenvalue weighted by Crippen LogP contribution is 2.34. The van der Waals surface area contributed by atoms with Gasteiger partial charge in [0, 0.05) is 42.3 Å². The molecule has 1 saturated heterocycles. The summed E-state index contributed by atoms with van der Waals surface area (Å²) in [5.74, 6) is 0. The van der Waals surface area contributed by atoms with Crippen molar-refractivity contribution >= 4 is 34.6 Å². The van der Waals surface area contributed by atoms with Gasteiger partial charge in [0.1, 0.15) is 0 Å². The van der Waals surface area contributed by atoms with Crippen molar-refractivity contribution in [3.63, 3.8) is 0 Å². The first-order valence-corrected chi connectivity index (χ1v) is 13.5. The summed E-state index contributed by atoms with van der Waals surface area (Å²) in [5.41, 5.74) is 10.7. The van der Waals surface area contributed by atoms with Gasteiger partial charge in [-0.3, -0.25) is 0 Å². The van der Waals surface area contributed by atoms with Gasteiger partial charge in [0.15, 0.2) is 0 Å². The summed E-state index contributed by atoms with van der Waals surface area (Å²) < 4.78 is 3.96. The predicted molar refractivity (Wildman–Crippen MR) is 165 cm³/mol. The standard InChI is InChI=1S/C35H25N3S/c39-37-32-9-3-7-29(20-32)34-22-31(23-35(36-34)30-8-4-10-33(21-30)38-17-18-38)26-13-11-25(12-14-26)28-16-15-24-5-1-2-6-27(24)19-28/h1-16,19-23H,17-18H2. The highest BCUT2D eigenvalue weighted by molar-refractivity contribution is 7.47. The van der Waals surface area contributed by atoms with E-state index in [1.54, 1.807) is 0 Å². The van der Waals surface area contributed by atoms with Gasteiger partial charge in [-0.1, -0.05) is 84.9 Å². The number of anilines is 1. The van der Waals surface area contributed by atoms with Crippen LogP contribution >= 0.6 is 0 Å². The Morgan fingerprint density at radius 3 is 1.87 bits per heavy atom. The van der Waals surface area contributed by atoms with E-state index < -0.39 is 0 Å². The molecule has 3 nitrogen and oxygen atoms in total. The van der Waals surface area contributed by atoms with Gasteiger partial charge >= 0.3 is 0 Å². The zero-order valence-corrected chi connectivity index (χ0v) is 22.1. The molecule has 7 rings (SSSR count). The molecule has 1 aromatic heterocycles. The maximum atomic E-state index is 5.10. The molecule has 1 fully saturated rings. The lowest BCUT2D eigenvalue weighted by atomic mass is 9.96. The number of aromatic nitrogens is 1. The van der Waals surface area contributed by atoms with Crippen LogP contribution in [-0.4, -0.2) is 18.1 Å². The maximum absolute atomic E-state index is 5.10. The number of pyridine rings is 1. The molecule has 6 aromatic rings. The number of nitrogens with zero attached hydrogens (tertiary/aromatic N) is 3. The van der Waals surface area contributed by atoms with E-state index in [-0.39, 0.29) is 0 Å². The Morgan fingerprint density at radius 1 is 0.513 bits per heavy atom. The third kappa shape index (κ3) is 4.83. The van der Waals surface area contributed by atoms with Crippen LogP contribution in [0.2, 0.25) is 0 Å². The van der Waals surface area contributed by atoms with Crippen molar-refractivity contribution < 1.29 is 0 Å². The van der Waals surface area contributed by atoms with Crippen LogP contribution in [-0.2, 0) is 12.4 Å². The van der Waals surface area contributed by atoms with Crippen LogP contribution in [0.15, 0.2) is 132 Å². The third-order valence-corrected chi connectivity index (χ3v) is 7.54. The molecule has 39 heavy (non-hydrogen) atoms. The van der Waals surface area contributed by atoms with Gasteiger partial charge < -0.3 is 4.90 Å². The normalized spacial score (nSPS) is 12.5. The van der Waals surface area contributed by atoms with E-state index in [1.807, 2.05) is 18.2 Å². The molecule has 5 aromatic carbocycles. The molecule has 0 aliphatic carbocycles. The van der Waals surface area contributed by atoms with Gasteiger partial charge in [-0.2, -0.15) is 4.36 Å². The van der Waals surface area contributed by atoms with E-state index in [2.05, 4.69) is 118 Å². The lowest BCUT2D eigenvalue weighted by molar-refractivity contribution is 1.31. The molecule has 0 N–H and O–H groups in total. The molecule has 0 amide bonds. The van der Waals surface area contributed by atoms with Gasteiger partial charge in [0.2, 0.25) is 0 Å². The lowest BCUT2D eigenvalue weighted by Gasteiger charge is -2.12. The largest absolute Gasteiger partial charge is 0.368 e. The van der Waals surface area contributed by atoms with Crippen LogP contribution in [0.25, 0.3) is 55.5 Å². The number of fused-ring (bicyclic) bond motifs is 1. The fourth-order valence-corrected chi connectivity index (χ4v) is 5.22. The second-order valence-electron chi connectivity index (χ2n) is 9.94. The fraction of sp³-hybridized carbons (Fsp3) is 0.0571. The third-order valence-electron chi connectivity index (χ3n) is 7.33. The SMILES string of the molecule is S=Nc1cccc(-c2cc(-c3ccc(-c4ccc5ccccc5c4)cc3)cc(-c3cccc(N4CC4)c3)n2)c1. The minimum Gasteiger partial charge on any atom is -0.368 e. The number of rotatable bonds is 6. The van der Waals surface area contributed by atoms with Crippen LogP contribution < -0.4 is 4.90 Å². The summed E-state index contributed by atoms with van der Waals surface area (Å²) in [4.78, 5) is 7.45. The monoisotopic (exact) mass is 519 g/mol. The Labute approximate surface area is 233 Å². The predicted octanol–water partition coefficient (Wildman–Crippen LogP) is 9.08. The van der Waals surface area contributed by atoms with Gasteiger partial charge in [0.05, 0.1) is 17.1 Å². The first-order chi connectivity index (χ1) is 19.2. The molecule has 0 unspecified atom stereocenters. The average Bonchev–Trinajstić information content (AvgIpc) is 3.87. The van der Waals surface area contributed by atoms with E-state index in [1.165, 1.54) is 27.6 Å². The second-order valence-corrected chi connectivity index (χ2v) is 10.1. The Kier molecular flexibility index (Phi) is 5.95. The average molecular weight is 520 g/mol. The zero-order chi connectivity index (χ0) is 26.2. The van der Waals surface area contributed by atoms with E-state index in [9.17, 15) is 0 Å². The van der Waals surface area contributed by atoms with Crippen LogP contribution in [0.5, 0.6) is 0 Å². The Morgan fingerprint density at radius 2 is 1.15 bits per heavy atom. The molecule has 4 heteroatoms. The summed E-state index contributed by atoms with van der Waals surface area (Å²) in [5, 5.41) is 2.51. The molecule has 0 atom stereocenters. The molecular formula is C35H25N3S. The van der Waals surface area contributed by atoms with Crippen molar-refractivity contribution in [1.29, 1.82) is 0 Å². The van der Waals surface area contributed by atoms with Gasteiger partial charge in [-0.15, -0.1) is 0 Å². The topological polar surface area (TPSA) is 28.3 Å².